The van der Waals surface area contributed by atoms with Crippen LogP contribution in [0.25, 0.3) is 0 Å². The average molecular weight is 251 g/mol. The van der Waals surface area contributed by atoms with Crippen molar-refractivity contribution in [3.8, 4) is 0 Å². The first-order valence-corrected chi connectivity index (χ1v) is 6.03. The van der Waals surface area contributed by atoms with E-state index in [0.717, 1.165) is 5.56 Å². The Balaban J connectivity index is 2.83. The highest BCUT2D eigenvalue weighted by atomic mass is 16.4. The number of aromatic nitrogens is 2. The lowest BCUT2D eigenvalue weighted by Crippen LogP contribution is -2.35. The van der Waals surface area contributed by atoms with Crippen LogP contribution in [0.3, 0.4) is 0 Å². The molecule has 0 aromatic carbocycles. The van der Waals surface area contributed by atoms with E-state index < -0.39 is 12.0 Å². The van der Waals surface area contributed by atoms with Gasteiger partial charge in [0.2, 0.25) is 5.95 Å². The van der Waals surface area contributed by atoms with Gasteiger partial charge in [-0.1, -0.05) is 34.6 Å². The molecule has 0 radical (unpaired) electrons. The second-order valence-electron chi connectivity index (χ2n) is 5.75. The van der Waals surface area contributed by atoms with Crippen molar-refractivity contribution in [3.05, 3.63) is 18.0 Å². The van der Waals surface area contributed by atoms with E-state index in [4.69, 9.17) is 5.11 Å². The monoisotopic (exact) mass is 251 g/mol. The molecule has 18 heavy (non-hydrogen) atoms. The van der Waals surface area contributed by atoms with E-state index in [-0.39, 0.29) is 11.3 Å². The second kappa shape index (κ2) is 5.33. The van der Waals surface area contributed by atoms with Crippen LogP contribution in [0.2, 0.25) is 0 Å². The smallest absolute Gasteiger partial charge is 0.326 e. The fraction of sp³-hybridized carbons (Fsp3) is 0.615. The van der Waals surface area contributed by atoms with E-state index in [1.807, 2.05) is 13.8 Å². The summed E-state index contributed by atoms with van der Waals surface area (Å²) in [6, 6.07) is -0.675. The van der Waals surface area contributed by atoms with Crippen LogP contribution in [0.1, 0.15) is 40.2 Å². The maximum absolute atomic E-state index is 11.1. The molecule has 5 heteroatoms. The van der Waals surface area contributed by atoms with Gasteiger partial charge in [-0.2, -0.15) is 0 Å². The number of anilines is 1. The van der Waals surface area contributed by atoms with Gasteiger partial charge >= 0.3 is 5.97 Å². The van der Waals surface area contributed by atoms with Gasteiger partial charge in [0.05, 0.1) is 0 Å². The van der Waals surface area contributed by atoms with Gasteiger partial charge in [-0.15, -0.1) is 0 Å². The first-order valence-electron chi connectivity index (χ1n) is 6.03. The molecule has 1 heterocycles. The molecule has 0 saturated carbocycles. The number of carboxylic acid groups (broad SMARTS) is 1. The van der Waals surface area contributed by atoms with Crippen LogP contribution in [0.4, 0.5) is 5.95 Å². The van der Waals surface area contributed by atoms with Crippen LogP contribution in [0.15, 0.2) is 12.4 Å². The van der Waals surface area contributed by atoms with E-state index in [1.165, 1.54) is 0 Å². The number of rotatable bonds is 4. The standard InChI is InChI=1S/C13H21N3O2/c1-8(2)10(11(17)18)16-12-14-6-9(7-15-12)13(3,4)5/h6-8,10H,1-5H3,(H,17,18)(H,14,15,16). The Morgan fingerprint density at radius 2 is 1.78 bits per heavy atom. The number of carboxylic acids is 1. The SMILES string of the molecule is CC(C)C(Nc1ncc(C(C)(C)C)cn1)C(=O)O. The first-order chi connectivity index (χ1) is 8.21. The van der Waals surface area contributed by atoms with Crippen LogP contribution >= 0.6 is 0 Å². The highest BCUT2D eigenvalue weighted by molar-refractivity contribution is 5.76. The minimum Gasteiger partial charge on any atom is -0.480 e. The van der Waals surface area contributed by atoms with Gasteiger partial charge in [0.1, 0.15) is 6.04 Å². The fourth-order valence-corrected chi connectivity index (χ4v) is 1.44. The fourth-order valence-electron chi connectivity index (χ4n) is 1.44. The average Bonchev–Trinajstić information content (AvgIpc) is 2.24. The Morgan fingerprint density at radius 3 is 2.11 bits per heavy atom. The van der Waals surface area contributed by atoms with Crippen LogP contribution in [-0.2, 0) is 10.2 Å². The zero-order valence-corrected chi connectivity index (χ0v) is 11.6. The molecule has 1 rings (SSSR count). The highest BCUT2D eigenvalue weighted by Gasteiger charge is 2.22. The summed E-state index contributed by atoms with van der Waals surface area (Å²) in [4.78, 5) is 19.4. The molecule has 100 valence electrons. The molecule has 0 aliphatic rings. The summed E-state index contributed by atoms with van der Waals surface area (Å²) >= 11 is 0. The van der Waals surface area contributed by atoms with Crippen molar-refractivity contribution in [2.24, 2.45) is 5.92 Å². The summed E-state index contributed by atoms with van der Waals surface area (Å²) in [5.41, 5.74) is 1.01. The van der Waals surface area contributed by atoms with Gasteiger partial charge < -0.3 is 10.4 Å². The second-order valence-corrected chi connectivity index (χ2v) is 5.75. The van der Waals surface area contributed by atoms with Gasteiger partial charge in [0, 0.05) is 12.4 Å². The minimum absolute atomic E-state index is 0.0111. The summed E-state index contributed by atoms with van der Waals surface area (Å²) in [5.74, 6) is -0.578. The molecule has 5 nitrogen and oxygen atoms in total. The quantitative estimate of drug-likeness (QED) is 0.858. The molecule has 1 atom stereocenters. The maximum Gasteiger partial charge on any atom is 0.326 e. The van der Waals surface area contributed by atoms with Gasteiger partial charge in [0.15, 0.2) is 0 Å². The van der Waals surface area contributed by atoms with E-state index in [9.17, 15) is 4.79 Å². The molecule has 0 fully saturated rings. The summed E-state index contributed by atoms with van der Waals surface area (Å²) in [6.45, 7) is 9.91. The molecule has 1 aromatic rings. The van der Waals surface area contributed by atoms with Gasteiger partial charge in [-0.05, 0) is 16.9 Å². The molecule has 2 N–H and O–H groups in total. The van der Waals surface area contributed by atoms with Crippen LogP contribution in [0, 0.1) is 5.92 Å². The predicted octanol–water partition coefficient (Wildman–Crippen LogP) is 2.30. The first kappa shape index (κ1) is 14.4. The topological polar surface area (TPSA) is 75.1 Å². The Morgan fingerprint density at radius 1 is 1.28 bits per heavy atom. The number of hydrogen-bond acceptors (Lipinski definition) is 4. The molecule has 0 saturated heterocycles. The highest BCUT2D eigenvalue weighted by Crippen LogP contribution is 2.20. The maximum atomic E-state index is 11.1. The van der Waals surface area contributed by atoms with Crippen LogP contribution in [0.5, 0.6) is 0 Å². The molecular weight excluding hydrogens is 230 g/mol. The van der Waals surface area contributed by atoms with E-state index in [1.54, 1.807) is 12.4 Å². The zero-order valence-electron chi connectivity index (χ0n) is 11.6. The van der Waals surface area contributed by atoms with Gasteiger partial charge in [0.25, 0.3) is 0 Å². The predicted molar refractivity (Wildman–Crippen MR) is 70.6 cm³/mol. The summed E-state index contributed by atoms with van der Waals surface area (Å²) < 4.78 is 0. The number of hydrogen-bond donors (Lipinski definition) is 2. The van der Waals surface area contributed by atoms with Crippen molar-refractivity contribution in [3.63, 3.8) is 0 Å². The molecule has 0 aliphatic carbocycles. The molecule has 0 spiro atoms. The Kier molecular flexibility index (Phi) is 4.27. The van der Waals surface area contributed by atoms with E-state index >= 15 is 0 Å². The van der Waals surface area contributed by atoms with Crippen LogP contribution < -0.4 is 5.32 Å². The third-order valence-corrected chi connectivity index (χ3v) is 2.74. The number of nitrogens with zero attached hydrogens (tertiary/aromatic N) is 2. The zero-order chi connectivity index (χ0) is 13.9. The number of carbonyl (C=O) groups is 1. The molecular formula is C13H21N3O2. The molecule has 0 amide bonds. The lowest BCUT2D eigenvalue weighted by atomic mass is 9.89. The lowest BCUT2D eigenvalue weighted by Gasteiger charge is -2.20. The van der Waals surface area contributed by atoms with Crippen molar-refractivity contribution in [2.75, 3.05) is 5.32 Å². The van der Waals surface area contributed by atoms with Crippen molar-refractivity contribution in [2.45, 2.75) is 46.1 Å². The summed E-state index contributed by atoms with van der Waals surface area (Å²) in [5, 5.41) is 11.9. The summed E-state index contributed by atoms with van der Waals surface area (Å²) in [6.07, 6.45) is 3.46. The van der Waals surface area contributed by atoms with Crippen LogP contribution in [-0.4, -0.2) is 27.1 Å². The Bertz CT molecular complexity index is 407. The van der Waals surface area contributed by atoms with Gasteiger partial charge in [-0.3, -0.25) is 0 Å². The third-order valence-electron chi connectivity index (χ3n) is 2.74. The van der Waals surface area contributed by atoms with Gasteiger partial charge in [-0.25, -0.2) is 14.8 Å². The van der Waals surface area contributed by atoms with Crippen molar-refractivity contribution < 1.29 is 9.90 Å². The van der Waals surface area contributed by atoms with Crippen molar-refractivity contribution in [1.29, 1.82) is 0 Å². The molecule has 0 aliphatic heterocycles. The molecule has 0 bridgehead atoms. The Labute approximate surface area is 108 Å². The van der Waals surface area contributed by atoms with E-state index in [0.29, 0.717) is 5.95 Å². The molecule has 1 aromatic heterocycles. The van der Waals surface area contributed by atoms with Crippen molar-refractivity contribution >= 4 is 11.9 Å². The van der Waals surface area contributed by atoms with E-state index in [2.05, 4.69) is 36.1 Å². The lowest BCUT2D eigenvalue weighted by molar-refractivity contribution is -0.138. The number of nitrogens with one attached hydrogen (secondary N) is 1. The summed E-state index contributed by atoms with van der Waals surface area (Å²) in [7, 11) is 0. The minimum atomic E-state index is -0.895. The van der Waals surface area contributed by atoms with Crippen molar-refractivity contribution in [1.82, 2.24) is 9.97 Å². The normalized spacial score (nSPS) is 13.4. The number of aliphatic carboxylic acids is 1. The largest absolute Gasteiger partial charge is 0.480 e. The third kappa shape index (κ3) is 3.68. The molecule has 1 unspecified atom stereocenters. The Hall–Kier alpha value is -1.65.